The van der Waals surface area contributed by atoms with Crippen LogP contribution in [-0.4, -0.2) is 30.8 Å². The number of nitrogens with one attached hydrogen (secondary N) is 3. The SMILES string of the molecule is CNC(=O)/C(=C/C(=N)c1ccc(OCc2ccc(C)cc2)c(-c2ccc(Cl)c(C(F)(F)F)c2)c1O)NC. The van der Waals surface area contributed by atoms with Crippen molar-refractivity contribution < 1.29 is 27.8 Å². The van der Waals surface area contributed by atoms with Gasteiger partial charge in [0.25, 0.3) is 5.91 Å². The molecule has 0 unspecified atom stereocenters. The Labute approximate surface area is 217 Å². The van der Waals surface area contributed by atoms with Crippen LogP contribution >= 0.6 is 11.6 Å². The van der Waals surface area contributed by atoms with E-state index in [1.807, 2.05) is 31.2 Å². The molecule has 0 radical (unpaired) electrons. The number of carbonyl (C=O) groups is 1. The predicted octanol–water partition coefficient (Wildman–Crippen LogP) is 5.84. The molecule has 3 aromatic carbocycles. The van der Waals surface area contributed by atoms with Gasteiger partial charge in [-0.3, -0.25) is 4.79 Å². The van der Waals surface area contributed by atoms with E-state index < -0.39 is 28.4 Å². The fourth-order valence-corrected chi connectivity index (χ4v) is 3.77. The van der Waals surface area contributed by atoms with E-state index in [0.29, 0.717) is 0 Å². The second kappa shape index (κ2) is 11.4. The fourth-order valence-electron chi connectivity index (χ4n) is 3.54. The van der Waals surface area contributed by atoms with Gasteiger partial charge in [0.15, 0.2) is 0 Å². The molecule has 0 aliphatic rings. The van der Waals surface area contributed by atoms with E-state index in [1.54, 1.807) is 0 Å². The molecule has 3 aromatic rings. The number of amides is 1. The van der Waals surface area contributed by atoms with Crippen molar-refractivity contribution in [2.24, 2.45) is 0 Å². The van der Waals surface area contributed by atoms with Crippen molar-refractivity contribution in [2.75, 3.05) is 14.1 Å². The van der Waals surface area contributed by atoms with Gasteiger partial charge < -0.3 is 25.9 Å². The lowest BCUT2D eigenvalue weighted by molar-refractivity contribution is -0.137. The molecular formula is C27H25ClF3N3O3. The van der Waals surface area contributed by atoms with Gasteiger partial charge in [0.2, 0.25) is 0 Å². The van der Waals surface area contributed by atoms with Crippen LogP contribution in [0.1, 0.15) is 22.3 Å². The summed E-state index contributed by atoms with van der Waals surface area (Å²) in [5, 5.41) is 24.2. The van der Waals surface area contributed by atoms with Crippen LogP contribution in [0.5, 0.6) is 11.5 Å². The molecule has 0 heterocycles. The number of carbonyl (C=O) groups excluding carboxylic acids is 1. The average Bonchev–Trinajstić information content (AvgIpc) is 2.86. The highest BCUT2D eigenvalue weighted by Gasteiger charge is 2.34. The van der Waals surface area contributed by atoms with Gasteiger partial charge in [0.05, 0.1) is 21.9 Å². The van der Waals surface area contributed by atoms with E-state index in [1.165, 1.54) is 38.4 Å². The highest BCUT2D eigenvalue weighted by atomic mass is 35.5. The van der Waals surface area contributed by atoms with E-state index in [4.69, 9.17) is 21.7 Å². The fraction of sp³-hybridized carbons (Fsp3) is 0.185. The van der Waals surface area contributed by atoms with Crippen LogP contribution in [-0.2, 0) is 17.6 Å². The first kappa shape index (κ1) is 27.6. The summed E-state index contributed by atoms with van der Waals surface area (Å²) in [6.07, 6.45) is -3.53. The van der Waals surface area contributed by atoms with Gasteiger partial charge in [-0.1, -0.05) is 47.5 Å². The van der Waals surface area contributed by atoms with Gasteiger partial charge in [-0.2, -0.15) is 13.2 Å². The summed E-state index contributed by atoms with van der Waals surface area (Å²) < 4.78 is 46.7. The molecule has 10 heteroatoms. The van der Waals surface area contributed by atoms with E-state index in [-0.39, 0.29) is 40.5 Å². The third-order valence-electron chi connectivity index (χ3n) is 5.53. The first-order chi connectivity index (χ1) is 17.5. The smallest absolute Gasteiger partial charge is 0.417 e. The summed E-state index contributed by atoms with van der Waals surface area (Å²) in [5.41, 5.74) is 0.526. The number of aromatic hydroxyl groups is 1. The Balaban J connectivity index is 2.15. The highest BCUT2D eigenvalue weighted by molar-refractivity contribution is 6.31. The van der Waals surface area contributed by atoms with E-state index in [9.17, 15) is 23.1 Å². The Hall–Kier alpha value is -3.98. The summed E-state index contributed by atoms with van der Waals surface area (Å²) >= 11 is 5.80. The summed E-state index contributed by atoms with van der Waals surface area (Å²) in [6.45, 7) is 2.02. The lowest BCUT2D eigenvalue weighted by Gasteiger charge is -2.18. The van der Waals surface area contributed by atoms with Gasteiger partial charge >= 0.3 is 6.18 Å². The Morgan fingerprint density at radius 2 is 1.76 bits per heavy atom. The lowest BCUT2D eigenvalue weighted by atomic mass is 9.96. The molecule has 6 nitrogen and oxygen atoms in total. The first-order valence-corrected chi connectivity index (χ1v) is 11.5. The molecule has 0 saturated carbocycles. The summed E-state index contributed by atoms with van der Waals surface area (Å²) in [5.74, 6) is -0.864. The zero-order valence-corrected chi connectivity index (χ0v) is 21.0. The van der Waals surface area contributed by atoms with Crippen LogP contribution in [0.4, 0.5) is 13.2 Å². The third kappa shape index (κ3) is 6.42. The second-order valence-corrected chi connectivity index (χ2v) is 8.51. The van der Waals surface area contributed by atoms with E-state index in [0.717, 1.165) is 23.3 Å². The van der Waals surface area contributed by atoms with Gasteiger partial charge in [-0.15, -0.1) is 0 Å². The molecule has 194 valence electrons. The van der Waals surface area contributed by atoms with Crippen molar-refractivity contribution in [1.29, 1.82) is 5.41 Å². The number of allylic oxidation sites excluding steroid dienone is 1. The summed E-state index contributed by atoms with van der Waals surface area (Å²) in [4.78, 5) is 12.0. The zero-order valence-electron chi connectivity index (χ0n) is 20.3. The van der Waals surface area contributed by atoms with Crippen LogP contribution in [0.3, 0.4) is 0 Å². The molecular weight excluding hydrogens is 507 g/mol. The van der Waals surface area contributed by atoms with Crippen molar-refractivity contribution in [1.82, 2.24) is 10.6 Å². The van der Waals surface area contributed by atoms with Crippen molar-refractivity contribution in [2.45, 2.75) is 19.7 Å². The topological polar surface area (TPSA) is 94.4 Å². The molecule has 37 heavy (non-hydrogen) atoms. The standard InChI is InChI=1S/C27H25ClF3N3O3/c1-15-4-6-16(7-5-15)14-37-23-11-9-18(21(32)13-22(33-2)26(36)34-3)25(35)24(23)17-8-10-20(28)19(12-17)27(29,30)31/h4-13,32-33,35H,14H2,1-3H3,(H,34,36)/b22-13-,32-21?. The summed E-state index contributed by atoms with van der Waals surface area (Å²) in [7, 11) is 2.92. The number of alkyl halides is 3. The van der Waals surface area contributed by atoms with Crippen LogP contribution in [0.15, 0.2) is 66.4 Å². The molecule has 1 amide bonds. The monoisotopic (exact) mass is 531 g/mol. The van der Waals surface area contributed by atoms with Gasteiger partial charge in [0.1, 0.15) is 23.8 Å². The molecule has 0 fully saturated rings. The van der Waals surface area contributed by atoms with E-state index in [2.05, 4.69) is 10.6 Å². The number of ether oxygens (including phenoxy) is 1. The minimum absolute atomic E-state index is 0.00750. The maximum absolute atomic E-state index is 13.6. The summed E-state index contributed by atoms with van der Waals surface area (Å²) in [6, 6.07) is 13.6. The molecule has 4 N–H and O–H groups in total. The van der Waals surface area contributed by atoms with Gasteiger partial charge in [-0.25, -0.2) is 0 Å². The van der Waals surface area contributed by atoms with Crippen molar-refractivity contribution in [3.05, 3.63) is 93.6 Å². The zero-order chi connectivity index (χ0) is 27.3. The maximum atomic E-state index is 13.6. The molecule has 0 saturated heterocycles. The molecule has 0 bridgehead atoms. The first-order valence-electron chi connectivity index (χ1n) is 11.1. The molecule has 0 aromatic heterocycles. The number of hydrogen-bond donors (Lipinski definition) is 4. The molecule has 0 aliphatic carbocycles. The molecule has 0 atom stereocenters. The Morgan fingerprint density at radius 3 is 2.35 bits per heavy atom. The van der Waals surface area contributed by atoms with Crippen LogP contribution in [0.25, 0.3) is 11.1 Å². The third-order valence-corrected chi connectivity index (χ3v) is 5.86. The van der Waals surface area contributed by atoms with Gasteiger partial charge in [-0.05, 0) is 48.4 Å². The number of halogens is 4. The van der Waals surface area contributed by atoms with Crippen LogP contribution < -0.4 is 15.4 Å². The van der Waals surface area contributed by atoms with Crippen LogP contribution in [0, 0.1) is 12.3 Å². The Kier molecular flexibility index (Phi) is 8.49. The Bertz CT molecular complexity index is 1350. The maximum Gasteiger partial charge on any atom is 0.417 e. The second-order valence-electron chi connectivity index (χ2n) is 8.10. The van der Waals surface area contributed by atoms with Crippen molar-refractivity contribution >= 4 is 23.2 Å². The molecule has 3 rings (SSSR count). The average molecular weight is 532 g/mol. The Morgan fingerprint density at radius 1 is 1.08 bits per heavy atom. The number of hydrogen-bond acceptors (Lipinski definition) is 5. The number of phenolic OH excluding ortho intramolecular Hbond substituents is 1. The van der Waals surface area contributed by atoms with Gasteiger partial charge in [0, 0.05) is 19.7 Å². The lowest BCUT2D eigenvalue weighted by Crippen LogP contribution is -2.27. The number of likely N-dealkylation sites (N-methyl/N-ethyl adjacent to an activating group) is 2. The minimum Gasteiger partial charge on any atom is -0.506 e. The van der Waals surface area contributed by atoms with E-state index >= 15 is 0 Å². The normalized spacial score (nSPS) is 11.7. The largest absolute Gasteiger partial charge is 0.506 e. The number of benzene rings is 3. The van der Waals surface area contributed by atoms with Crippen molar-refractivity contribution in [3.63, 3.8) is 0 Å². The number of aryl methyl sites for hydroxylation is 1. The van der Waals surface area contributed by atoms with Crippen molar-refractivity contribution in [3.8, 4) is 22.6 Å². The number of rotatable bonds is 8. The number of phenols is 1. The van der Waals surface area contributed by atoms with Crippen LogP contribution in [0.2, 0.25) is 5.02 Å². The quantitative estimate of drug-likeness (QED) is 0.217. The highest BCUT2D eigenvalue weighted by Crippen LogP contribution is 2.44. The molecule has 0 aliphatic heterocycles. The minimum atomic E-state index is -4.73. The molecule has 0 spiro atoms. The predicted molar refractivity (Wildman–Crippen MR) is 137 cm³/mol.